The maximum atomic E-state index is 12.2. The summed E-state index contributed by atoms with van der Waals surface area (Å²) < 4.78 is 36.7. The van der Waals surface area contributed by atoms with Crippen LogP contribution in [0.4, 0.5) is 18.0 Å². The third-order valence-corrected chi connectivity index (χ3v) is 1.72. The van der Waals surface area contributed by atoms with Crippen molar-refractivity contribution in [1.29, 1.82) is 0 Å². The number of amides is 3. The Labute approximate surface area is 70.8 Å². The second kappa shape index (κ2) is 2.54. The standard InChI is InChI=1S/C6H5F3N2O2/c1-5(6(7,8)9)2-10-4(13)11-3(5)12/h2H,1H3,(H,11,12,13). The zero-order chi connectivity index (χ0) is 10.3. The molecule has 1 rings (SSSR count). The first-order valence-electron chi connectivity index (χ1n) is 3.25. The van der Waals surface area contributed by atoms with E-state index in [4.69, 9.17) is 0 Å². The lowest BCUT2D eigenvalue weighted by Crippen LogP contribution is -2.53. The fourth-order valence-corrected chi connectivity index (χ4v) is 0.708. The third kappa shape index (κ3) is 1.41. The molecule has 1 aliphatic heterocycles. The largest absolute Gasteiger partial charge is 0.407 e. The summed E-state index contributed by atoms with van der Waals surface area (Å²) in [6.07, 6.45) is -4.44. The van der Waals surface area contributed by atoms with Gasteiger partial charge in [-0.25, -0.2) is 9.79 Å². The van der Waals surface area contributed by atoms with Gasteiger partial charge in [0.15, 0.2) is 5.41 Å². The Hall–Kier alpha value is -1.40. The maximum absolute atomic E-state index is 12.2. The minimum absolute atomic E-state index is 0.314. The molecule has 1 unspecified atom stereocenters. The van der Waals surface area contributed by atoms with Crippen molar-refractivity contribution in [2.75, 3.05) is 0 Å². The molecule has 1 aliphatic rings. The summed E-state index contributed by atoms with van der Waals surface area (Å²) in [5.41, 5.74) is -2.71. The smallest absolute Gasteiger partial charge is 0.275 e. The Kier molecular flexibility index (Phi) is 1.89. The topological polar surface area (TPSA) is 58.5 Å². The average molecular weight is 194 g/mol. The van der Waals surface area contributed by atoms with Crippen LogP contribution in [0.5, 0.6) is 0 Å². The number of carbonyl (C=O) groups excluding carboxylic acids is 2. The Morgan fingerprint density at radius 1 is 1.46 bits per heavy atom. The summed E-state index contributed by atoms with van der Waals surface area (Å²) in [6.45, 7) is 0.651. The molecule has 7 heteroatoms. The Bertz CT molecular complexity index is 297. The van der Waals surface area contributed by atoms with E-state index in [1.807, 2.05) is 0 Å². The van der Waals surface area contributed by atoms with Crippen molar-refractivity contribution in [2.24, 2.45) is 10.4 Å². The van der Waals surface area contributed by atoms with Gasteiger partial charge in [0.25, 0.3) is 0 Å². The molecule has 0 aliphatic carbocycles. The van der Waals surface area contributed by atoms with Gasteiger partial charge in [0.05, 0.1) is 0 Å². The molecule has 1 atom stereocenters. The summed E-state index contributed by atoms with van der Waals surface area (Å²) >= 11 is 0. The van der Waals surface area contributed by atoms with E-state index < -0.39 is 23.5 Å². The van der Waals surface area contributed by atoms with Crippen molar-refractivity contribution < 1.29 is 22.8 Å². The van der Waals surface area contributed by atoms with Crippen LogP contribution in [-0.2, 0) is 4.79 Å². The van der Waals surface area contributed by atoms with Crippen LogP contribution in [-0.4, -0.2) is 24.3 Å². The lowest BCUT2D eigenvalue weighted by Gasteiger charge is -2.27. The molecule has 0 fully saturated rings. The van der Waals surface area contributed by atoms with Gasteiger partial charge in [0.2, 0.25) is 5.91 Å². The Balaban J connectivity index is 3.11. The van der Waals surface area contributed by atoms with Crippen LogP contribution >= 0.6 is 0 Å². The Morgan fingerprint density at radius 3 is 2.38 bits per heavy atom. The molecule has 3 amide bonds. The summed E-state index contributed by atoms with van der Waals surface area (Å²) in [5, 5.41) is 1.48. The quantitative estimate of drug-likeness (QED) is 0.622. The molecule has 0 aromatic rings. The number of hydrogen-bond acceptors (Lipinski definition) is 2. The number of nitrogens with one attached hydrogen (secondary N) is 1. The van der Waals surface area contributed by atoms with E-state index in [-0.39, 0.29) is 0 Å². The van der Waals surface area contributed by atoms with Gasteiger partial charge in [-0.1, -0.05) is 0 Å². The second-order valence-corrected chi connectivity index (χ2v) is 2.72. The first-order chi connectivity index (χ1) is 5.77. The highest BCUT2D eigenvalue weighted by atomic mass is 19.4. The first-order valence-corrected chi connectivity index (χ1v) is 3.25. The highest BCUT2D eigenvalue weighted by Crippen LogP contribution is 2.37. The molecule has 0 spiro atoms. The van der Waals surface area contributed by atoms with Gasteiger partial charge in [-0.2, -0.15) is 13.2 Å². The van der Waals surface area contributed by atoms with Gasteiger partial charge in [0.1, 0.15) is 0 Å². The number of hydrogen-bond donors (Lipinski definition) is 1. The normalized spacial score (nSPS) is 28.9. The van der Waals surface area contributed by atoms with E-state index in [1.54, 1.807) is 0 Å². The molecule has 0 saturated heterocycles. The van der Waals surface area contributed by atoms with Gasteiger partial charge in [-0.05, 0) is 6.92 Å². The van der Waals surface area contributed by atoms with Gasteiger partial charge in [-0.3, -0.25) is 10.1 Å². The predicted molar refractivity (Wildman–Crippen MR) is 36.2 cm³/mol. The lowest BCUT2D eigenvalue weighted by atomic mass is 9.89. The van der Waals surface area contributed by atoms with Crippen LogP contribution in [0.2, 0.25) is 0 Å². The molecule has 1 heterocycles. The van der Waals surface area contributed by atoms with Crippen molar-refractivity contribution in [2.45, 2.75) is 13.1 Å². The van der Waals surface area contributed by atoms with Gasteiger partial charge >= 0.3 is 12.2 Å². The number of halogens is 3. The van der Waals surface area contributed by atoms with E-state index in [0.717, 1.165) is 0 Å². The van der Waals surface area contributed by atoms with Crippen molar-refractivity contribution in [3.8, 4) is 0 Å². The molecule has 72 valence electrons. The number of imide groups is 1. The van der Waals surface area contributed by atoms with Crippen molar-refractivity contribution in [3.63, 3.8) is 0 Å². The van der Waals surface area contributed by atoms with Crippen LogP contribution in [0, 0.1) is 5.41 Å². The van der Waals surface area contributed by atoms with Crippen LogP contribution in [0.3, 0.4) is 0 Å². The van der Waals surface area contributed by atoms with E-state index in [0.29, 0.717) is 13.1 Å². The molecule has 0 aromatic carbocycles. The minimum atomic E-state index is -4.75. The molecule has 1 N–H and O–H groups in total. The zero-order valence-electron chi connectivity index (χ0n) is 6.47. The van der Waals surface area contributed by atoms with Crippen molar-refractivity contribution in [1.82, 2.24) is 5.32 Å². The SMILES string of the molecule is CC1(C(F)(F)F)C=NC(=O)NC1=O. The zero-order valence-corrected chi connectivity index (χ0v) is 6.47. The summed E-state index contributed by atoms with van der Waals surface area (Å²) in [7, 11) is 0. The number of aliphatic imine (C=N–C) groups is 1. The number of rotatable bonds is 0. The summed E-state index contributed by atoms with van der Waals surface area (Å²) in [4.78, 5) is 24.1. The molecule has 4 nitrogen and oxygen atoms in total. The van der Waals surface area contributed by atoms with Crippen molar-refractivity contribution in [3.05, 3.63) is 0 Å². The number of urea groups is 1. The van der Waals surface area contributed by atoms with E-state index in [9.17, 15) is 22.8 Å². The van der Waals surface area contributed by atoms with Crippen molar-refractivity contribution >= 4 is 18.2 Å². The number of carbonyl (C=O) groups is 2. The minimum Gasteiger partial charge on any atom is -0.275 e. The lowest BCUT2D eigenvalue weighted by molar-refractivity contribution is -0.194. The molecular formula is C6H5F3N2O2. The van der Waals surface area contributed by atoms with E-state index >= 15 is 0 Å². The van der Waals surface area contributed by atoms with Gasteiger partial charge < -0.3 is 0 Å². The highest BCUT2D eigenvalue weighted by Gasteiger charge is 2.57. The number of nitrogens with zero attached hydrogens (tertiary/aromatic N) is 1. The number of alkyl halides is 3. The monoisotopic (exact) mass is 194 g/mol. The van der Waals surface area contributed by atoms with Crippen LogP contribution in [0.15, 0.2) is 4.99 Å². The maximum Gasteiger partial charge on any atom is 0.407 e. The molecule has 0 radical (unpaired) electrons. The van der Waals surface area contributed by atoms with Crippen LogP contribution < -0.4 is 5.32 Å². The van der Waals surface area contributed by atoms with E-state index in [1.165, 1.54) is 5.32 Å². The second-order valence-electron chi connectivity index (χ2n) is 2.72. The molecule has 0 bridgehead atoms. The summed E-state index contributed by atoms with van der Waals surface area (Å²) in [6, 6.07) is -1.08. The fourth-order valence-electron chi connectivity index (χ4n) is 0.708. The molecular weight excluding hydrogens is 189 g/mol. The van der Waals surface area contributed by atoms with Crippen LogP contribution in [0.25, 0.3) is 0 Å². The third-order valence-electron chi connectivity index (χ3n) is 1.72. The van der Waals surface area contributed by atoms with Crippen LogP contribution in [0.1, 0.15) is 6.92 Å². The highest BCUT2D eigenvalue weighted by molar-refractivity contribution is 6.12. The predicted octanol–water partition coefficient (Wildman–Crippen LogP) is 0.876. The fraction of sp³-hybridized carbons (Fsp3) is 0.500. The van der Waals surface area contributed by atoms with E-state index in [2.05, 4.69) is 4.99 Å². The molecule has 13 heavy (non-hydrogen) atoms. The van der Waals surface area contributed by atoms with Gasteiger partial charge in [-0.15, -0.1) is 0 Å². The average Bonchev–Trinajstić information content (AvgIpc) is 1.95. The molecule has 0 aromatic heterocycles. The Morgan fingerprint density at radius 2 is 2.00 bits per heavy atom. The first kappa shape index (κ1) is 9.69. The van der Waals surface area contributed by atoms with Gasteiger partial charge in [0, 0.05) is 6.21 Å². The molecule has 0 saturated carbocycles. The summed E-state index contributed by atoms with van der Waals surface area (Å²) in [5.74, 6) is -1.40.